The normalized spacial score (nSPS) is 12.5. The molecule has 1 atom stereocenters. The Bertz CT molecular complexity index is 254. The molecule has 0 rings (SSSR count). The van der Waals surface area contributed by atoms with E-state index in [0.29, 0.717) is 19.4 Å². The summed E-state index contributed by atoms with van der Waals surface area (Å²) in [5, 5.41) is 9.10. The van der Waals surface area contributed by atoms with E-state index in [2.05, 4.69) is 0 Å². The van der Waals surface area contributed by atoms with Crippen LogP contribution in [0.3, 0.4) is 0 Å². The van der Waals surface area contributed by atoms with Crippen molar-refractivity contribution < 1.29 is 14.7 Å². The van der Waals surface area contributed by atoms with Crippen LogP contribution in [-0.2, 0) is 9.59 Å². The minimum Gasteiger partial charge on any atom is -0.480 e. The highest BCUT2D eigenvalue weighted by Crippen LogP contribution is 2.11. The van der Waals surface area contributed by atoms with Gasteiger partial charge < -0.3 is 15.7 Å². The first-order valence-electron chi connectivity index (χ1n) is 6.08. The van der Waals surface area contributed by atoms with Gasteiger partial charge in [0.15, 0.2) is 0 Å². The number of carboxylic acid groups (broad SMARTS) is 1. The van der Waals surface area contributed by atoms with Crippen molar-refractivity contribution in [3.8, 4) is 0 Å². The van der Waals surface area contributed by atoms with E-state index in [0.717, 1.165) is 12.8 Å². The number of hydrogen-bond acceptors (Lipinski definition) is 3. The van der Waals surface area contributed by atoms with Crippen LogP contribution >= 0.6 is 0 Å². The van der Waals surface area contributed by atoms with Gasteiger partial charge in [-0.25, -0.2) is 4.79 Å². The minimum absolute atomic E-state index is 0.111. The summed E-state index contributed by atoms with van der Waals surface area (Å²) in [4.78, 5) is 24.2. The number of nitrogens with zero attached hydrogens (tertiary/aromatic N) is 1. The molecule has 0 spiro atoms. The first-order chi connectivity index (χ1) is 7.90. The molecule has 0 aliphatic carbocycles. The van der Waals surface area contributed by atoms with Gasteiger partial charge in [-0.15, -0.1) is 0 Å². The summed E-state index contributed by atoms with van der Waals surface area (Å²) < 4.78 is 0. The Kier molecular flexibility index (Phi) is 7.54. The zero-order valence-electron chi connectivity index (χ0n) is 11.0. The lowest BCUT2D eigenvalue weighted by molar-refractivity contribution is -0.149. The van der Waals surface area contributed by atoms with Crippen LogP contribution in [0.2, 0.25) is 0 Å². The van der Waals surface area contributed by atoms with E-state index < -0.39 is 12.0 Å². The maximum atomic E-state index is 11.8. The zero-order valence-corrected chi connectivity index (χ0v) is 11.0. The van der Waals surface area contributed by atoms with E-state index in [1.54, 1.807) is 7.05 Å². The fourth-order valence-electron chi connectivity index (χ4n) is 1.63. The molecule has 0 bridgehead atoms. The van der Waals surface area contributed by atoms with Gasteiger partial charge >= 0.3 is 5.97 Å². The first kappa shape index (κ1) is 15.9. The van der Waals surface area contributed by atoms with E-state index in [4.69, 9.17) is 10.8 Å². The second-order valence-electron chi connectivity index (χ2n) is 4.74. The second kappa shape index (κ2) is 8.06. The molecule has 0 fully saturated rings. The van der Waals surface area contributed by atoms with Gasteiger partial charge in [0.05, 0.1) is 0 Å². The maximum Gasteiger partial charge on any atom is 0.326 e. The molecular formula is C12H24N2O3. The van der Waals surface area contributed by atoms with Crippen molar-refractivity contribution in [3.05, 3.63) is 0 Å². The Hall–Kier alpha value is -1.10. The van der Waals surface area contributed by atoms with Gasteiger partial charge in [0.25, 0.3) is 0 Å². The van der Waals surface area contributed by atoms with E-state index in [1.807, 2.05) is 13.8 Å². The third-order valence-corrected chi connectivity index (χ3v) is 2.66. The molecule has 5 nitrogen and oxygen atoms in total. The van der Waals surface area contributed by atoms with Crippen LogP contribution in [0.1, 0.15) is 39.5 Å². The molecule has 1 amide bonds. The molecule has 17 heavy (non-hydrogen) atoms. The summed E-state index contributed by atoms with van der Waals surface area (Å²) in [6, 6.07) is -0.729. The first-order valence-corrected chi connectivity index (χ1v) is 6.08. The van der Waals surface area contributed by atoms with Gasteiger partial charge in [0.1, 0.15) is 6.04 Å². The van der Waals surface area contributed by atoms with E-state index in [9.17, 15) is 9.59 Å². The van der Waals surface area contributed by atoms with Crippen LogP contribution in [0.25, 0.3) is 0 Å². The Morgan fingerprint density at radius 1 is 1.29 bits per heavy atom. The Balaban J connectivity index is 4.37. The average molecular weight is 244 g/mol. The Morgan fingerprint density at radius 3 is 2.29 bits per heavy atom. The summed E-state index contributed by atoms with van der Waals surface area (Å²) >= 11 is 0. The topological polar surface area (TPSA) is 83.6 Å². The SMILES string of the molecule is CC(C)CC(=O)N(C)C(CCCCN)C(=O)O. The predicted octanol–water partition coefficient (Wildman–Crippen LogP) is 1.07. The molecule has 0 aromatic carbocycles. The van der Waals surface area contributed by atoms with Crippen molar-refractivity contribution in [3.63, 3.8) is 0 Å². The van der Waals surface area contributed by atoms with Crippen molar-refractivity contribution in [2.45, 2.75) is 45.6 Å². The van der Waals surface area contributed by atoms with Crippen molar-refractivity contribution >= 4 is 11.9 Å². The molecule has 0 radical (unpaired) electrons. The number of carbonyl (C=O) groups excluding carboxylic acids is 1. The lowest BCUT2D eigenvalue weighted by atomic mass is 10.1. The number of unbranched alkanes of at least 4 members (excludes halogenated alkanes) is 1. The molecule has 0 aliphatic heterocycles. The molecule has 100 valence electrons. The summed E-state index contributed by atoms with van der Waals surface area (Å²) in [5.41, 5.74) is 5.36. The molecule has 0 aromatic rings. The van der Waals surface area contributed by atoms with Crippen molar-refractivity contribution in [1.29, 1.82) is 0 Å². The van der Waals surface area contributed by atoms with Gasteiger partial charge in [0, 0.05) is 13.5 Å². The fourth-order valence-corrected chi connectivity index (χ4v) is 1.63. The summed E-state index contributed by atoms with van der Waals surface area (Å²) in [7, 11) is 1.56. The quantitative estimate of drug-likeness (QED) is 0.626. The van der Waals surface area contributed by atoms with E-state index in [1.165, 1.54) is 4.90 Å². The number of amides is 1. The number of hydrogen-bond donors (Lipinski definition) is 2. The van der Waals surface area contributed by atoms with Gasteiger partial charge in [-0.3, -0.25) is 4.79 Å². The third-order valence-electron chi connectivity index (χ3n) is 2.66. The van der Waals surface area contributed by atoms with Crippen LogP contribution in [0.15, 0.2) is 0 Å². The maximum absolute atomic E-state index is 11.8. The monoisotopic (exact) mass is 244 g/mol. The molecule has 5 heteroatoms. The van der Waals surface area contributed by atoms with Crippen LogP contribution in [0, 0.1) is 5.92 Å². The summed E-state index contributed by atoms with van der Waals surface area (Å²) in [6.45, 7) is 4.43. The van der Waals surface area contributed by atoms with Crippen LogP contribution in [-0.4, -0.2) is 41.5 Å². The number of carbonyl (C=O) groups is 2. The summed E-state index contributed by atoms with van der Waals surface area (Å²) in [6.07, 6.45) is 2.37. The van der Waals surface area contributed by atoms with Crippen LogP contribution in [0.5, 0.6) is 0 Å². The molecule has 0 saturated carbocycles. The van der Waals surface area contributed by atoms with E-state index in [-0.39, 0.29) is 11.8 Å². The van der Waals surface area contributed by atoms with Crippen molar-refractivity contribution in [1.82, 2.24) is 4.90 Å². The highest BCUT2D eigenvalue weighted by molar-refractivity contribution is 5.83. The standard InChI is InChI=1S/C12H24N2O3/c1-9(2)8-11(15)14(3)10(12(16)17)6-4-5-7-13/h9-10H,4-8,13H2,1-3H3,(H,16,17). The molecule has 0 heterocycles. The van der Waals surface area contributed by atoms with Crippen molar-refractivity contribution in [2.24, 2.45) is 11.7 Å². The Labute approximate surface area is 103 Å². The molecule has 0 saturated heterocycles. The number of nitrogens with two attached hydrogens (primary N) is 1. The van der Waals surface area contributed by atoms with Gasteiger partial charge in [-0.2, -0.15) is 0 Å². The number of rotatable bonds is 8. The van der Waals surface area contributed by atoms with Crippen molar-refractivity contribution in [2.75, 3.05) is 13.6 Å². The lowest BCUT2D eigenvalue weighted by Gasteiger charge is -2.25. The van der Waals surface area contributed by atoms with Gasteiger partial charge in [-0.1, -0.05) is 13.8 Å². The fraction of sp³-hybridized carbons (Fsp3) is 0.833. The molecule has 1 unspecified atom stereocenters. The molecule has 0 aliphatic rings. The lowest BCUT2D eigenvalue weighted by Crippen LogP contribution is -2.42. The molecule has 3 N–H and O–H groups in total. The summed E-state index contributed by atoms with van der Waals surface area (Å²) in [5.74, 6) is -0.815. The van der Waals surface area contributed by atoms with Gasteiger partial charge in [-0.05, 0) is 31.7 Å². The second-order valence-corrected chi connectivity index (χ2v) is 4.74. The highest BCUT2D eigenvalue weighted by Gasteiger charge is 2.25. The van der Waals surface area contributed by atoms with Crippen LogP contribution in [0.4, 0.5) is 0 Å². The zero-order chi connectivity index (χ0) is 13.4. The molecular weight excluding hydrogens is 220 g/mol. The largest absolute Gasteiger partial charge is 0.480 e. The van der Waals surface area contributed by atoms with E-state index >= 15 is 0 Å². The number of carboxylic acids is 1. The highest BCUT2D eigenvalue weighted by atomic mass is 16.4. The van der Waals surface area contributed by atoms with Gasteiger partial charge in [0.2, 0.25) is 5.91 Å². The minimum atomic E-state index is -0.943. The third kappa shape index (κ3) is 6.26. The average Bonchev–Trinajstić information content (AvgIpc) is 2.22. The number of likely N-dealkylation sites (N-methyl/N-ethyl adjacent to an activating group) is 1. The molecule has 0 aromatic heterocycles. The number of aliphatic carboxylic acids is 1. The van der Waals surface area contributed by atoms with Crippen LogP contribution < -0.4 is 5.73 Å². The smallest absolute Gasteiger partial charge is 0.326 e. The predicted molar refractivity (Wildman–Crippen MR) is 66.6 cm³/mol. The Morgan fingerprint density at radius 2 is 1.88 bits per heavy atom.